The van der Waals surface area contributed by atoms with E-state index in [9.17, 15) is 18.0 Å². The van der Waals surface area contributed by atoms with Crippen molar-refractivity contribution in [3.63, 3.8) is 0 Å². The number of methoxy groups -OCH3 is 1. The second-order valence-electron chi connectivity index (χ2n) is 11.1. The number of hydrogen-bond donors (Lipinski definition) is 1. The predicted molar refractivity (Wildman–Crippen MR) is 171 cm³/mol. The van der Waals surface area contributed by atoms with Crippen molar-refractivity contribution in [3.8, 4) is 11.5 Å². The minimum Gasteiger partial charge on any atom is -0.497 e. The van der Waals surface area contributed by atoms with E-state index in [2.05, 4.69) is 5.32 Å². The minimum absolute atomic E-state index is 0.0460. The number of aryl methyl sites for hydroxylation is 1. The van der Waals surface area contributed by atoms with Crippen LogP contribution in [0.3, 0.4) is 0 Å². The molecule has 9 nitrogen and oxygen atoms in total. The summed E-state index contributed by atoms with van der Waals surface area (Å²) >= 11 is 0. The summed E-state index contributed by atoms with van der Waals surface area (Å²) in [6.45, 7) is 5.22. The third kappa shape index (κ3) is 8.11. The zero-order valence-corrected chi connectivity index (χ0v) is 26.8. The third-order valence-corrected chi connectivity index (χ3v) is 9.70. The standard InChI is InChI=1S/C34H43N3O6S/c1-5-43-32-17-10-9-16-31(32)37(44(40,41)30-20-18-25(2)19-21-30)24-33(38)36(23-27-12-11-15-29(22-27)42-4)26(3)34(39)35-28-13-7-6-8-14-28/h9-12,15-22,26,28H,5-8,13-14,23-24H2,1-4H3,(H,35,39)/t26-/m1/s1. The average Bonchev–Trinajstić information content (AvgIpc) is 3.03. The molecule has 44 heavy (non-hydrogen) atoms. The van der Waals surface area contributed by atoms with Crippen LogP contribution in [0.5, 0.6) is 11.5 Å². The van der Waals surface area contributed by atoms with Crippen LogP contribution in [0.4, 0.5) is 5.69 Å². The van der Waals surface area contributed by atoms with Crippen molar-refractivity contribution in [3.05, 3.63) is 83.9 Å². The van der Waals surface area contributed by atoms with Gasteiger partial charge < -0.3 is 19.7 Å². The van der Waals surface area contributed by atoms with Crippen LogP contribution in [-0.2, 0) is 26.2 Å². The molecule has 1 atom stereocenters. The van der Waals surface area contributed by atoms with Crippen LogP contribution < -0.4 is 19.1 Å². The fourth-order valence-corrected chi connectivity index (χ4v) is 6.84. The van der Waals surface area contributed by atoms with E-state index in [1.807, 2.05) is 26.0 Å². The highest BCUT2D eigenvalue weighted by molar-refractivity contribution is 7.92. The monoisotopic (exact) mass is 621 g/mol. The maximum absolute atomic E-state index is 14.3. The van der Waals surface area contributed by atoms with Gasteiger partial charge in [-0.15, -0.1) is 0 Å². The molecule has 0 saturated heterocycles. The van der Waals surface area contributed by atoms with Crippen molar-refractivity contribution in [1.29, 1.82) is 0 Å². The van der Waals surface area contributed by atoms with Gasteiger partial charge in [0.15, 0.2) is 0 Å². The molecule has 1 N–H and O–H groups in total. The quantitative estimate of drug-likeness (QED) is 0.272. The smallest absolute Gasteiger partial charge is 0.264 e. The summed E-state index contributed by atoms with van der Waals surface area (Å²) in [6, 6.07) is 19.7. The molecule has 1 saturated carbocycles. The van der Waals surface area contributed by atoms with Crippen LogP contribution >= 0.6 is 0 Å². The fourth-order valence-electron chi connectivity index (χ4n) is 5.41. The van der Waals surface area contributed by atoms with Crippen molar-refractivity contribution < 1.29 is 27.5 Å². The maximum atomic E-state index is 14.3. The molecule has 236 valence electrons. The Hall–Kier alpha value is -4.05. The molecule has 3 aromatic rings. The van der Waals surface area contributed by atoms with Crippen molar-refractivity contribution in [1.82, 2.24) is 10.2 Å². The fraction of sp³-hybridized carbons (Fsp3) is 0.412. The van der Waals surface area contributed by atoms with E-state index in [4.69, 9.17) is 9.47 Å². The Morgan fingerprint density at radius 1 is 0.977 bits per heavy atom. The molecule has 0 spiro atoms. The normalized spacial score (nSPS) is 14.4. The molecule has 0 bridgehead atoms. The summed E-state index contributed by atoms with van der Waals surface area (Å²) in [5.74, 6) is 0.154. The van der Waals surface area contributed by atoms with E-state index >= 15 is 0 Å². The second kappa shape index (κ2) is 15.1. The molecule has 1 aliphatic carbocycles. The summed E-state index contributed by atoms with van der Waals surface area (Å²) in [5, 5.41) is 3.13. The number of anilines is 1. The molecular formula is C34H43N3O6S. The Morgan fingerprint density at radius 3 is 2.36 bits per heavy atom. The van der Waals surface area contributed by atoms with Crippen molar-refractivity contribution in [2.45, 2.75) is 76.4 Å². The number of sulfonamides is 1. The number of rotatable bonds is 13. The molecular weight excluding hydrogens is 578 g/mol. The number of para-hydroxylation sites is 2. The summed E-state index contributed by atoms with van der Waals surface area (Å²) in [5.41, 5.74) is 1.89. The van der Waals surface area contributed by atoms with Gasteiger partial charge in [0.1, 0.15) is 24.1 Å². The first-order valence-corrected chi connectivity index (χ1v) is 16.6. The highest BCUT2D eigenvalue weighted by Crippen LogP contribution is 2.33. The number of amides is 2. The Balaban J connectivity index is 1.72. The molecule has 10 heteroatoms. The van der Waals surface area contributed by atoms with Crippen LogP contribution in [0.25, 0.3) is 0 Å². The van der Waals surface area contributed by atoms with Crippen LogP contribution in [0.2, 0.25) is 0 Å². The van der Waals surface area contributed by atoms with E-state index in [-0.39, 0.29) is 29.1 Å². The number of ether oxygens (including phenoxy) is 2. The number of benzene rings is 3. The summed E-state index contributed by atoms with van der Waals surface area (Å²) in [4.78, 5) is 29.3. The first-order valence-electron chi connectivity index (χ1n) is 15.2. The molecule has 1 aliphatic rings. The van der Waals surface area contributed by atoms with Gasteiger partial charge in [-0.2, -0.15) is 0 Å². The Labute approximate surface area is 261 Å². The Morgan fingerprint density at radius 2 is 1.68 bits per heavy atom. The predicted octanol–water partition coefficient (Wildman–Crippen LogP) is 5.46. The van der Waals surface area contributed by atoms with E-state index in [0.29, 0.717) is 18.1 Å². The van der Waals surface area contributed by atoms with Crippen molar-refractivity contribution >= 4 is 27.5 Å². The second-order valence-corrected chi connectivity index (χ2v) is 13.0. The maximum Gasteiger partial charge on any atom is 0.264 e. The Kier molecular flexibility index (Phi) is 11.3. The molecule has 2 amide bonds. The van der Waals surface area contributed by atoms with E-state index in [0.717, 1.165) is 47.5 Å². The third-order valence-electron chi connectivity index (χ3n) is 7.93. The first kappa shape index (κ1) is 32.9. The van der Waals surface area contributed by atoms with E-state index in [1.54, 1.807) is 62.6 Å². The Bertz CT molecular complexity index is 1520. The largest absolute Gasteiger partial charge is 0.497 e. The van der Waals surface area contributed by atoms with Gasteiger partial charge in [0.2, 0.25) is 11.8 Å². The van der Waals surface area contributed by atoms with Gasteiger partial charge in [0, 0.05) is 12.6 Å². The molecule has 0 aliphatic heterocycles. The zero-order chi connectivity index (χ0) is 31.7. The van der Waals surface area contributed by atoms with Crippen LogP contribution in [-0.4, -0.2) is 57.5 Å². The van der Waals surface area contributed by atoms with Gasteiger partial charge in [0.05, 0.1) is 24.3 Å². The number of hydrogen-bond acceptors (Lipinski definition) is 6. The first-order chi connectivity index (χ1) is 21.1. The van der Waals surface area contributed by atoms with Crippen molar-refractivity contribution in [2.24, 2.45) is 0 Å². The topological polar surface area (TPSA) is 105 Å². The van der Waals surface area contributed by atoms with Crippen LogP contribution in [0.1, 0.15) is 57.1 Å². The molecule has 0 aromatic heterocycles. The number of carbonyl (C=O) groups excluding carboxylic acids is 2. The van der Waals surface area contributed by atoms with Gasteiger partial charge in [-0.05, 0) is 75.6 Å². The van der Waals surface area contributed by atoms with Gasteiger partial charge in [-0.3, -0.25) is 13.9 Å². The molecule has 3 aromatic carbocycles. The SMILES string of the molecule is CCOc1ccccc1N(CC(=O)N(Cc1cccc(OC)c1)[C@H](C)C(=O)NC1CCCCC1)S(=O)(=O)c1ccc(C)cc1. The lowest BCUT2D eigenvalue weighted by Gasteiger charge is -2.33. The molecule has 1 fully saturated rings. The van der Waals surface area contributed by atoms with Gasteiger partial charge in [0.25, 0.3) is 10.0 Å². The van der Waals surface area contributed by atoms with Crippen molar-refractivity contribution in [2.75, 3.05) is 24.6 Å². The van der Waals surface area contributed by atoms with Gasteiger partial charge in [-0.25, -0.2) is 8.42 Å². The number of nitrogens with zero attached hydrogens (tertiary/aromatic N) is 2. The van der Waals surface area contributed by atoms with E-state index < -0.39 is 28.5 Å². The highest BCUT2D eigenvalue weighted by Gasteiger charge is 2.34. The number of nitrogens with one attached hydrogen (secondary N) is 1. The molecule has 4 rings (SSSR count). The molecule has 0 unspecified atom stereocenters. The lowest BCUT2D eigenvalue weighted by atomic mass is 9.95. The van der Waals surface area contributed by atoms with E-state index in [1.165, 1.54) is 17.0 Å². The average molecular weight is 622 g/mol. The minimum atomic E-state index is -4.21. The van der Waals surface area contributed by atoms with Gasteiger partial charge in [-0.1, -0.05) is 61.2 Å². The summed E-state index contributed by atoms with van der Waals surface area (Å²) in [6.07, 6.45) is 5.06. The number of carbonyl (C=O) groups is 2. The lowest BCUT2D eigenvalue weighted by Crippen LogP contribution is -2.53. The summed E-state index contributed by atoms with van der Waals surface area (Å²) in [7, 11) is -2.65. The highest BCUT2D eigenvalue weighted by atomic mass is 32.2. The van der Waals surface area contributed by atoms with Crippen LogP contribution in [0, 0.1) is 6.92 Å². The van der Waals surface area contributed by atoms with Gasteiger partial charge >= 0.3 is 0 Å². The zero-order valence-electron chi connectivity index (χ0n) is 26.0. The summed E-state index contributed by atoms with van der Waals surface area (Å²) < 4.78 is 40.6. The molecule has 0 heterocycles. The van der Waals surface area contributed by atoms with Crippen LogP contribution in [0.15, 0.2) is 77.7 Å². The lowest BCUT2D eigenvalue weighted by molar-refractivity contribution is -0.139. The molecule has 0 radical (unpaired) electrons.